The van der Waals surface area contributed by atoms with E-state index in [4.69, 9.17) is 4.74 Å². The van der Waals surface area contributed by atoms with Gasteiger partial charge in [-0.1, -0.05) is 37.7 Å². The van der Waals surface area contributed by atoms with E-state index in [1.807, 2.05) is 18.2 Å². The van der Waals surface area contributed by atoms with Crippen molar-refractivity contribution in [2.45, 2.75) is 50.5 Å². The lowest BCUT2D eigenvalue weighted by Crippen LogP contribution is -2.35. The van der Waals surface area contributed by atoms with E-state index < -0.39 is 21.9 Å². The van der Waals surface area contributed by atoms with Crippen LogP contribution in [0.2, 0.25) is 0 Å². The van der Waals surface area contributed by atoms with Gasteiger partial charge in [-0.3, -0.25) is 9.59 Å². The van der Waals surface area contributed by atoms with Crippen LogP contribution in [0.5, 0.6) is 0 Å². The molecule has 1 saturated heterocycles. The molecule has 1 aliphatic heterocycles. The quantitative estimate of drug-likeness (QED) is 0.464. The summed E-state index contributed by atoms with van der Waals surface area (Å²) in [6.45, 7) is 5.16. The molecule has 0 saturated carbocycles. The number of amides is 1. The number of sulfonamides is 1. The molecule has 3 aromatic rings. The SMILES string of the molecule is COC(=O)Cn1c(=NC(=O)c2ccc(S(=O)(=O)N3CCCCC3)cc2)sc2cc(C(C)C)ccc21. The number of fused-ring (bicyclic) bond motifs is 1. The van der Waals surface area contributed by atoms with Crippen LogP contribution in [-0.2, 0) is 26.1 Å². The molecule has 10 heteroatoms. The summed E-state index contributed by atoms with van der Waals surface area (Å²) in [5.74, 6) is -0.628. The summed E-state index contributed by atoms with van der Waals surface area (Å²) in [7, 11) is -2.26. The molecule has 1 aromatic heterocycles. The fourth-order valence-electron chi connectivity index (χ4n) is 4.06. The Hall–Kier alpha value is -2.82. The van der Waals surface area contributed by atoms with E-state index >= 15 is 0 Å². The molecule has 0 bridgehead atoms. The highest BCUT2D eigenvalue weighted by molar-refractivity contribution is 7.89. The summed E-state index contributed by atoms with van der Waals surface area (Å²) < 4.78 is 34.7. The van der Waals surface area contributed by atoms with Crippen LogP contribution < -0.4 is 4.80 Å². The first-order valence-electron chi connectivity index (χ1n) is 11.6. The molecule has 1 fully saturated rings. The maximum absolute atomic E-state index is 13.0. The summed E-state index contributed by atoms with van der Waals surface area (Å²) in [6.07, 6.45) is 2.75. The molecule has 8 nitrogen and oxygen atoms in total. The van der Waals surface area contributed by atoms with Gasteiger partial charge >= 0.3 is 5.97 Å². The van der Waals surface area contributed by atoms with E-state index in [-0.39, 0.29) is 17.0 Å². The summed E-state index contributed by atoms with van der Waals surface area (Å²) in [5, 5.41) is 0. The molecule has 2 heterocycles. The predicted molar refractivity (Wildman–Crippen MR) is 135 cm³/mol. The van der Waals surface area contributed by atoms with E-state index in [0.29, 0.717) is 23.8 Å². The second-order valence-corrected chi connectivity index (χ2v) is 11.8. The Balaban J connectivity index is 1.68. The highest BCUT2D eigenvalue weighted by Gasteiger charge is 2.26. The fourth-order valence-corrected chi connectivity index (χ4v) is 6.65. The van der Waals surface area contributed by atoms with Crippen molar-refractivity contribution >= 4 is 43.5 Å². The van der Waals surface area contributed by atoms with E-state index in [1.54, 1.807) is 4.57 Å². The number of methoxy groups -OCH3 is 1. The van der Waals surface area contributed by atoms with Crippen LogP contribution in [-0.4, -0.2) is 49.4 Å². The normalized spacial score (nSPS) is 15.6. The average Bonchev–Trinajstić information content (AvgIpc) is 3.20. The zero-order chi connectivity index (χ0) is 25.2. The molecule has 0 unspecified atom stereocenters. The number of hydrogen-bond acceptors (Lipinski definition) is 6. The van der Waals surface area contributed by atoms with Crippen LogP contribution in [0.15, 0.2) is 52.4 Å². The molecule has 1 aliphatic rings. The standard InChI is InChI=1S/C25H29N3O5S2/c1-17(2)19-9-12-21-22(15-19)34-25(28(21)16-23(29)33-3)26-24(30)18-7-10-20(11-8-18)35(31,32)27-13-5-4-6-14-27/h7-12,15,17H,4-6,13-14,16H2,1-3H3. The Morgan fingerprint density at radius 1 is 1.06 bits per heavy atom. The smallest absolute Gasteiger partial charge is 0.325 e. The minimum absolute atomic E-state index is 0.0728. The Labute approximate surface area is 208 Å². The van der Waals surface area contributed by atoms with Crippen LogP contribution >= 0.6 is 11.3 Å². The molecule has 0 atom stereocenters. The second-order valence-electron chi connectivity index (χ2n) is 8.83. The van der Waals surface area contributed by atoms with Crippen molar-refractivity contribution in [3.63, 3.8) is 0 Å². The maximum Gasteiger partial charge on any atom is 0.325 e. The summed E-state index contributed by atoms with van der Waals surface area (Å²) in [6, 6.07) is 11.8. The number of rotatable bonds is 6. The molecule has 2 aromatic carbocycles. The zero-order valence-electron chi connectivity index (χ0n) is 20.1. The van der Waals surface area contributed by atoms with Gasteiger partial charge < -0.3 is 9.30 Å². The van der Waals surface area contributed by atoms with Gasteiger partial charge in [0, 0.05) is 18.7 Å². The summed E-state index contributed by atoms with van der Waals surface area (Å²) in [4.78, 5) is 29.9. The Morgan fingerprint density at radius 2 is 1.74 bits per heavy atom. The third-order valence-electron chi connectivity index (χ3n) is 6.14. The number of hydrogen-bond donors (Lipinski definition) is 0. The molecular weight excluding hydrogens is 486 g/mol. The highest BCUT2D eigenvalue weighted by Crippen LogP contribution is 2.24. The maximum atomic E-state index is 13.0. The molecule has 0 N–H and O–H groups in total. The molecule has 0 spiro atoms. The number of carbonyl (C=O) groups is 2. The number of carbonyl (C=O) groups excluding carboxylic acids is 2. The predicted octanol–water partition coefficient (Wildman–Crippen LogP) is 3.91. The minimum Gasteiger partial charge on any atom is -0.468 e. The lowest BCUT2D eigenvalue weighted by atomic mass is 10.0. The second kappa shape index (κ2) is 10.4. The topological polar surface area (TPSA) is 98.0 Å². The lowest BCUT2D eigenvalue weighted by Gasteiger charge is -2.25. The number of nitrogens with zero attached hydrogens (tertiary/aromatic N) is 3. The van der Waals surface area contributed by atoms with Crippen molar-refractivity contribution in [3.05, 3.63) is 58.4 Å². The van der Waals surface area contributed by atoms with Crippen LogP contribution in [0.25, 0.3) is 10.2 Å². The molecule has 0 aliphatic carbocycles. The van der Waals surface area contributed by atoms with Gasteiger partial charge in [-0.25, -0.2) is 8.42 Å². The number of thiazole rings is 1. The molecule has 4 rings (SSSR count). The minimum atomic E-state index is -3.58. The van der Waals surface area contributed by atoms with Gasteiger partial charge in [-0.05, 0) is 60.7 Å². The first kappa shape index (κ1) is 25.3. The Kier molecular flexibility index (Phi) is 7.53. The van der Waals surface area contributed by atoms with Crippen molar-refractivity contribution in [3.8, 4) is 0 Å². The van der Waals surface area contributed by atoms with E-state index in [2.05, 4.69) is 18.8 Å². The summed E-state index contributed by atoms with van der Waals surface area (Å²) in [5.41, 5.74) is 2.21. The van der Waals surface area contributed by atoms with Crippen LogP contribution in [0.1, 0.15) is 54.9 Å². The number of aromatic nitrogens is 1. The zero-order valence-corrected chi connectivity index (χ0v) is 21.7. The van der Waals surface area contributed by atoms with Crippen molar-refractivity contribution in [1.82, 2.24) is 8.87 Å². The average molecular weight is 516 g/mol. The highest BCUT2D eigenvalue weighted by atomic mass is 32.2. The van der Waals surface area contributed by atoms with Gasteiger partial charge in [0.15, 0.2) is 4.80 Å². The first-order chi connectivity index (χ1) is 16.7. The van der Waals surface area contributed by atoms with E-state index in [1.165, 1.54) is 47.0 Å². The van der Waals surface area contributed by atoms with Crippen molar-refractivity contribution in [1.29, 1.82) is 0 Å². The van der Waals surface area contributed by atoms with Crippen LogP contribution in [0, 0.1) is 0 Å². The van der Waals surface area contributed by atoms with Crippen molar-refractivity contribution in [2.75, 3.05) is 20.2 Å². The van der Waals surface area contributed by atoms with Gasteiger partial charge in [0.1, 0.15) is 6.54 Å². The van der Waals surface area contributed by atoms with Crippen LogP contribution in [0.4, 0.5) is 0 Å². The van der Waals surface area contributed by atoms with Crippen LogP contribution in [0.3, 0.4) is 0 Å². The summed E-state index contributed by atoms with van der Waals surface area (Å²) >= 11 is 1.32. The Morgan fingerprint density at radius 3 is 2.37 bits per heavy atom. The third-order valence-corrected chi connectivity index (χ3v) is 9.09. The van der Waals surface area contributed by atoms with Crippen molar-refractivity contribution in [2.24, 2.45) is 4.99 Å². The van der Waals surface area contributed by atoms with E-state index in [9.17, 15) is 18.0 Å². The largest absolute Gasteiger partial charge is 0.468 e. The van der Waals surface area contributed by atoms with Gasteiger partial charge in [0.05, 0.1) is 22.2 Å². The lowest BCUT2D eigenvalue weighted by molar-refractivity contribution is -0.141. The monoisotopic (exact) mass is 515 g/mol. The number of esters is 1. The molecule has 1 amide bonds. The third kappa shape index (κ3) is 5.39. The van der Waals surface area contributed by atoms with E-state index in [0.717, 1.165) is 35.0 Å². The van der Waals surface area contributed by atoms with Gasteiger partial charge in [0.2, 0.25) is 10.0 Å². The number of ether oxygens (including phenoxy) is 1. The first-order valence-corrected chi connectivity index (χ1v) is 13.9. The van der Waals surface area contributed by atoms with Crippen molar-refractivity contribution < 1.29 is 22.7 Å². The molecule has 186 valence electrons. The fraction of sp³-hybridized carbons (Fsp3) is 0.400. The number of piperidine rings is 1. The van der Waals surface area contributed by atoms with Gasteiger partial charge in [-0.15, -0.1) is 0 Å². The van der Waals surface area contributed by atoms with Gasteiger partial charge in [0.25, 0.3) is 5.91 Å². The molecular formula is C25H29N3O5S2. The number of benzene rings is 2. The Bertz CT molecular complexity index is 1410. The van der Waals surface area contributed by atoms with Gasteiger partial charge in [-0.2, -0.15) is 9.30 Å². The molecule has 35 heavy (non-hydrogen) atoms. The molecule has 0 radical (unpaired) electrons.